The summed E-state index contributed by atoms with van der Waals surface area (Å²) >= 11 is 6.02. The Labute approximate surface area is 109 Å². The molecule has 1 aromatic carbocycles. The van der Waals surface area contributed by atoms with Crippen molar-refractivity contribution in [2.24, 2.45) is 0 Å². The van der Waals surface area contributed by atoms with Gasteiger partial charge in [0, 0.05) is 6.07 Å². The Morgan fingerprint density at radius 1 is 1.44 bits per heavy atom. The Balaban J connectivity index is 2.27. The summed E-state index contributed by atoms with van der Waals surface area (Å²) in [5.41, 5.74) is 0.440. The van der Waals surface area contributed by atoms with Crippen molar-refractivity contribution in [2.75, 3.05) is 6.54 Å². The average molecular weight is 270 g/mol. The first-order chi connectivity index (χ1) is 8.72. The van der Waals surface area contributed by atoms with Gasteiger partial charge in [0.1, 0.15) is 5.82 Å². The molecule has 1 heterocycles. The summed E-state index contributed by atoms with van der Waals surface area (Å²) in [5, 5.41) is 14.9. The van der Waals surface area contributed by atoms with Crippen LogP contribution in [-0.2, 0) is 6.54 Å². The van der Waals surface area contributed by atoms with Crippen molar-refractivity contribution in [3.63, 3.8) is 0 Å². The van der Waals surface area contributed by atoms with E-state index >= 15 is 0 Å². The summed E-state index contributed by atoms with van der Waals surface area (Å²) in [4.78, 5) is 0. The lowest BCUT2D eigenvalue weighted by Gasteiger charge is -2.07. The zero-order chi connectivity index (χ0) is 13.0. The maximum Gasteiger partial charge on any atom is 0.170 e. The molecule has 0 spiro atoms. The van der Waals surface area contributed by atoms with Crippen molar-refractivity contribution in [2.45, 2.75) is 19.9 Å². The molecule has 2 aromatic rings. The summed E-state index contributed by atoms with van der Waals surface area (Å²) in [5.74, 6) is 0.216. The zero-order valence-corrected chi connectivity index (χ0v) is 10.7. The maximum absolute atomic E-state index is 13.2. The minimum Gasteiger partial charge on any atom is -0.310 e. The summed E-state index contributed by atoms with van der Waals surface area (Å²) in [6.07, 6.45) is 1.02. The van der Waals surface area contributed by atoms with E-state index in [1.165, 1.54) is 22.9 Å². The van der Waals surface area contributed by atoms with Crippen LogP contribution in [0.15, 0.2) is 18.2 Å². The van der Waals surface area contributed by atoms with Gasteiger partial charge in [-0.3, -0.25) is 0 Å². The summed E-state index contributed by atoms with van der Waals surface area (Å²) < 4.78 is 14.7. The van der Waals surface area contributed by atoms with Crippen molar-refractivity contribution < 1.29 is 4.39 Å². The molecule has 5 nitrogen and oxygen atoms in total. The molecular formula is C11H13ClFN5. The number of hydrogen-bond acceptors (Lipinski definition) is 4. The van der Waals surface area contributed by atoms with E-state index in [1.54, 1.807) is 0 Å². The second-order valence-electron chi connectivity index (χ2n) is 3.78. The molecular weight excluding hydrogens is 257 g/mol. The molecule has 18 heavy (non-hydrogen) atoms. The molecule has 0 unspecified atom stereocenters. The van der Waals surface area contributed by atoms with Crippen molar-refractivity contribution in [1.82, 2.24) is 25.5 Å². The van der Waals surface area contributed by atoms with Crippen LogP contribution in [0.4, 0.5) is 4.39 Å². The minimum absolute atomic E-state index is 0.377. The lowest BCUT2D eigenvalue weighted by molar-refractivity contribution is 0.617. The molecule has 0 aliphatic carbocycles. The van der Waals surface area contributed by atoms with Crippen LogP contribution in [0.2, 0.25) is 5.02 Å². The van der Waals surface area contributed by atoms with E-state index in [0.29, 0.717) is 23.1 Å². The van der Waals surface area contributed by atoms with Crippen LogP contribution in [0.25, 0.3) is 5.69 Å². The second kappa shape index (κ2) is 5.88. The fourth-order valence-corrected chi connectivity index (χ4v) is 1.73. The summed E-state index contributed by atoms with van der Waals surface area (Å²) in [6, 6.07) is 4.09. The van der Waals surface area contributed by atoms with E-state index in [4.69, 9.17) is 11.6 Å². The number of benzene rings is 1. The molecule has 0 fully saturated rings. The van der Waals surface area contributed by atoms with Crippen molar-refractivity contribution in [1.29, 1.82) is 0 Å². The van der Waals surface area contributed by atoms with Gasteiger partial charge in [-0.15, -0.1) is 5.10 Å². The highest BCUT2D eigenvalue weighted by Crippen LogP contribution is 2.21. The third kappa shape index (κ3) is 2.83. The molecule has 0 aliphatic rings. The first-order valence-electron chi connectivity index (χ1n) is 5.65. The monoisotopic (exact) mass is 269 g/mol. The van der Waals surface area contributed by atoms with Gasteiger partial charge in [0.05, 0.1) is 17.3 Å². The number of halogens is 2. The Morgan fingerprint density at radius 3 is 3.06 bits per heavy atom. The molecule has 0 saturated heterocycles. The van der Waals surface area contributed by atoms with Gasteiger partial charge in [-0.2, -0.15) is 4.68 Å². The average Bonchev–Trinajstić information content (AvgIpc) is 2.81. The molecule has 0 bridgehead atoms. The van der Waals surface area contributed by atoms with E-state index in [1.807, 2.05) is 0 Å². The van der Waals surface area contributed by atoms with Crippen molar-refractivity contribution in [3.05, 3.63) is 34.9 Å². The standard InChI is InChI=1S/C11H13ClFN5/c1-2-5-14-7-11-15-16-17-18(11)10-6-8(13)3-4-9(10)12/h3-4,6,14H,2,5,7H2,1H3. The normalized spacial score (nSPS) is 10.8. The molecule has 0 radical (unpaired) electrons. The van der Waals surface area contributed by atoms with Crippen LogP contribution in [0, 0.1) is 5.82 Å². The Kier molecular flexibility index (Phi) is 4.22. The van der Waals surface area contributed by atoms with Gasteiger partial charge in [0.25, 0.3) is 0 Å². The van der Waals surface area contributed by atoms with Gasteiger partial charge in [-0.1, -0.05) is 18.5 Å². The van der Waals surface area contributed by atoms with Gasteiger partial charge >= 0.3 is 0 Å². The number of rotatable bonds is 5. The van der Waals surface area contributed by atoms with Crippen LogP contribution in [0.3, 0.4) is 0 Å². The van der Waals surface area contributed by atoms with Crippen LogP contribution >= 0.6 is 11.6 Å². The number of hydrogen-bond donors (Lipinski definition) is 1. The first-order valence-corrected chi connectivity index (χ1v) is 6.03. The molecule has 0 amide bonds. The van der Waals surface area contributed by atoms with Crippen LogP contribution in [-0.4, -0.2) is 26.8 Å². The highest BCUT2D eigenvalue weighted by Gasteiger charge is 2.11. The van der Waals surface area contributed by atoms with E-state index in [0.717, 1.165) is 13.0 Å². The number of nitrogens with one attached hydrogen (secondary N) is 1. The maximum atomic E-state index is 13.2. The van der Waals surface area contributed by atoms with Crippen molar-refractivity contribution in [3.8, 4) is 5.69 Å². The van der Waals surface area contributed by atoms with Crippen molar-refractivity contribution >= 4 is 11.6 Å². The molecule has 1 aromatic heterocycles. The van der Waals surface area contributed by atoms with E-state index < -0.39 is 0 Å². The second-order valence-corrected chi connectivity index (χ2v) is 4.19. The topological polar surface area (TPSA) is 55.6 Å². The quantitative estimate of drug-likeness (QED) is 0.843. The molecule has 1 N–H and O–H groups in total. The number of aromatic nitrogens is 4. The first kappa shape index (κ1) is 12.9. The SMILES string of the molecule is CCCNCc1nnnn1-c1cc(F)ccc1Cl. The van der Waals surface area contributed by atoms with Gasteiger partial charge in [-0.05, 0) is 35.5 Å². The summed E-state index contributed by atoms with van der Waals surface area (Å²) in [6.45, 7) is 3.44. The van der Waals surface area contributed by atoms with Gasteiger partial charge in [0.2, 0.25) is 0 Å². The highest BCUT2D eigenvalue weighted by atomic mass is 35.5. The fourth-order valence-electron chi connectivity index (χ4n) is 1.53. The Hall–Kier alpha value is -1.53. The molecule has 0 saturated carbocycles. The molecule has 2 rings (SSSR count). The lowest BCUT2D eigenvalue weighted by Crippen LogP contribution is -2.17. The Morgan fingerprint density at radius 2 is 2.28 bits per heavy atom. The smallest absolute Gasteiger partial charge is 0.170 e. The zero-order valence-electron chi connectivity index (χ0n) is 9.90. The van der Waals surface area contributed by atoms with Crippen LogP contribution < -0.4 is 5.32 Å². The largest absolute Gasteiger partial charge is 0.310 e. The predicted molar refractivity (Wildman–Crippen MR) is 66.1 cm³/mol. The molecule has 96 valence electrons. The third-order valence-electron chi connectivity index (χ3n) is 2.38. The van der Waals surface area contributed by atoms with E-state index in [-0.39, 0.29) is 5.82 Å². The van der Waals surface area contributed by atoms with E-state index in [9.17, 15) is 4.39 Å². The van der Waals surface area contributed by atoms with Crippen LogP contribution in [0.5, 0.6) is 0 Å². The van der Waals surface area contributed by atoms with Gasteiger partial charge in [0.15, 0.2) is 5.82 Å². The predicted octanol–water partition coefficient (Wildman–Crippen LogP) is 1.95. The van der Waals surface area contributed by atoms with Crippen LogP contribution in [0.1, 0.15) is 19.2 Å². The fraction of sp³-hybridized carbons (Fsp3) is 0.364. The minimum atomic E-state index is -0.377. The van der Waals surface area contributed by atoms with Gasteiger partial charge in [-0.25, -0.2) is 4.39 Å². The molecule has 0 aliphatic heterocycles. The number of nitrogens with zero attached hydrogens (tertiary/aromatic N) is 4. The summed E-state index contributed by atoms with van der Waals surface area (Å²) in [7, 11) is 0. The highest BCUT2D eigenvalue weighted by molar-refractivity contribution is 6.32. The Bertz CT molecular complexity index is 528. The molecule has 7 heteroatoms. The number of tetrazole rings is 1. The van der Waals surface area contributed by atoms with E-state index in [2.05, 4.69) is 27.8 Å². The lowest BCUT2D eigenvalue weighted by atomic mass is 10.3. The van der Waals surface area contributed by atoms with Gasteiger partial charge < -0.3 is 5.32 Å². The third-order valence-corrected chi connectivity index (χ3v) is 2.70. The molecule has 0 atom stereocenters.